The highest BCUT2D eigenvalue weighted by Crippen LogP contribution is 2.17. The molecule has 0 fully saturated rings. The molecular weight excluding hydrogens is 442 g/mol. The monoisotopic (exact) mass is 465 g/mol. The molecule has 0 bridgehead atoms. The minimum absolute atomic E-state index is 0.0466. The molecule has 0 saturated heterocycles. The zero-order valence-corrected chi connectivity index (χ0v) is 18.8. The lowest BCUT2D eigenvalue weighted by Gasteiger charge is -2.06. The van der Waals surface area contributed by atoms with E-state index >= 15 is 0 Å². The molecule has 1 N–H and O–H groups in total. The number of thioether (sulfide) groups is 1. The minimum Gasteiger partial charge on any atom is -0.497 e. The van der Waals surface area contributed by atoms with Crippen molar-refractivity contribution in [3.05, 3.63) is 99.6 Å². The van der Waals surface area contributed by atoms with Gasteiger partial charge in [0.15, 0.2) is 0 Å². The molecule has 0 aromatic heterocycles. The van der Waals surface area contributed by atoms with E-state index in [1.54, 1.807) is 37.6 Å². The smallest absolute Gasteiger partial charge is 0.269 e. The average Bonchev–Trinajstić information content (AvgIpc) is 2.84. The summed E-state index contributed by atoms with van der Waals surface area (Å²) in [6.07, 6.45) is 1.56. The van der Waals surface area contributed by atoms with Crippen LogP contribution in [-0.2, 0) is 17.2 Å². The molecule has 0 unspecified atom stereocenters. The molecule has 0 aliphatic carbocycles. The second-order valence-corrected chi connectivity index (χ2v) is 7.90. The second kappa shape index (κ2) is 12.3. The van der Waals surface area contributed by atoms with Crippen LogP contribution in [0.5, 0.6) is 11.5 Å². The van der Waals surface area contributed by atoms with E-state index in [9.17, 15) is 14.9 Å². The fourth-order valence-corrected chi connectivity index (χ4v) is 3.51. The van der Waals surface area contributed by atoms with Gasteiger partial charge in [0, 0.05) is 17.9 Å². The third kappa shape index (κ3) is 7.97. The summed E-state index contributed by atoms with van der Waals surface area (Å²) in [5.41, 5.74) is 5.33. The van der Waals surface area contributed by atoms with E-state index in [0.29, 0.717) is 18.1 Å². The number of hydrogen-bond acceptors (Lipinski definition) is 7. The second-order valence-electron chi connectivity index (χ2n) is 6.92. The van der Waals surface area contributed by atoms with Crippen LogP contribution in [0.2, 0.25) is 0 Å². The zero-order valence-electron chi connectivity index (χ0n) is 18.0. The number of benzene rings is 3. The normalized spacial score (nSPS) is 10.7. The molecule has 0 heterocycles. The van der Waals surface area contributed by atoms with Gasteiger partial charge in [0.2, 0.25) is 5.91 Å². The molecule has 0 spiro atoms. The Morgan fingerprint density at radius 1 is 1.00 bits per heavy atom. The van der Waals surface area contributed by atoms with E-state index in [-0.39, 0.29) is 11.6 Å². The van der Waals surface area contributed by atoms with Crippen molar-refractivity contribution in [1.29, 1.82) is 0 Å². The quantitative estimate of drug-likeness (QED) is 0.253. The van der Waals surface area contributed by atoms with Crippen molar-refractivity contribution < 1.29 is 19.2 Å². The molecule has 8 nitrogen and oxygen atoms in total. The number of carbonyl (C=O) groups is 1. The first-order valence-corrected chi connectivity index (χ1v) is 11.2. The van der Waals surface area contributed by atoms with Crippen molar-refractivity contribution in [1.82, 2.24) is 5.43 Å². The number of nitrogens with one attached hydrogen (secondary N) is 1. The molecule has 33 heavy (non-hydrogen) atoms. The van der Waals surface area contributed by atoms with Crippen molar-refractivity contribution in [2.45, 2.75) is 12.4 Å². The molecule has 170 valence electrons. The summed E-state index contributed by atoms with van der Waals surface area (Å²) in [5, 5.41) is 14.7. The lowest BCUT2D eigenvalue weighted by molar-refractivity contribution is -0.384. The first-order valence-electron chi connectivity index (χ1n) is 10.0. The van der Waals surface area contributed by atoms with Crippen molar-refractivity contribution in [3.63, 3.8) is 0 Å². The highest BCUT2D eigenvalue weighted by Gasteiger charge is 2.04. The first-order chi connectivity index (χ1) is 16.0. The summed E-state index contributed by atoms with van der Waals surface area (Å²) >= 11 is 1.51. The van der Waals surface area contributed by atoms with Crippen LogP contribution in [-0.4, -0.2) is 29.9 Å². The van der Waals surface area contributed by atoms with Gasteiger partial charge < -0.3 is 9.47 Å². The highest BCUT2D eigenvalue weighted by atomic mass is 32.2. The number of non-ortho nitro benzene ring substituents is 1. The van der Waals surface area contributed by atoms with E-state index in [4.69, 9.17) is 9.47 Å². The van der Waals surface area contributed by atoms with Gasteiger partial charge in [-0.05, 0) is 65.2 Å². The van der Waals surface area contributed by atoms with Crippen molar-refractivity contribution in [2.75, 3.05) is 12.9 Å². The summed E-state index contributed by atoms with van der Waals surface area (Å²) in [5.74, 6) is 2.32. The summed E-state index contributed by atoms with van der Waals surface area (Å²) in [7, 11) is 1.63. The topological polar surface area (TPSA) is 103 Å². The van der Waals surface area contributed by atoms with Crippen molar-refractivity contribution in [3.8, 4) is 11.5 Å². The Morgan fingerprint density at radius 2 is 1.64 bits per heavy atom. The number of ether oxygens (including phenoxy) is 2. The molecule has 0 radical (unpaired) electrons. The molecule has 0 aliphatic rings. The lowest BCUT2D eigenvalue weighted by Crippen LogP contribution is -2.19. The Kier molecular flexibility index (Phi) is 8.84. The SMILES string of the molecule is COc1ccc(CSCC(=O)N/N=C/c2ccc(OCc3ccc([N+](=O)[O-])cc3)cc2)cc1. The van der Waals surface area contributed by atoms with Gasteiger partial charge in [-0.3, -0.25) is 14.9 Å². The number of hydrogen-bond donors (Lipinski definition) is 1. The Balaban J connectivity index is 1.37. The molecule has 3 aromatic carbocycles. The van der Waals surface area contributed by atoms with E-state index in [2.05, 4.69) is 10.5 Å². The summed E-state index contributed by atoms with van der Waals surface area (Å²) < 4.78 is 10.8. The van der Waals surface area contributed by atoms with E-state index in [1.807, 2.05) is 36.4 Å². The van der Waals surface area contributed by atoms with E-state index in [0.717, 1.165) is 28.2 Å². The Morgan fingerprint density at radius 3 is 2.27 bits per heavy atom. The largest absolute Gasteiger partial charge is 0.497 e. The summed E-state index contributed by atoms with van der Waals surface area (Å²) in [6.45, 7) is 0.301. The van der Waals surface area contributed by atoms with Crippen LogP contribution in [0.25, 0.3) is 0 Å². The molecule has 0 saturated carbocycles. The number of carbonyl (C=O) groups excluding carboxylic acids is 1. The molecule has 1 amide bonds. The van der Waals surface area contributed by atoms with Gasteiger partial charge in [-0.25, -0.2) is 5.43 Å². The molecule has 0 atom stereocenters. The molecule has 9 heteroatoms. The first kappa shape index (κ1) is 23.8. The number of nitro benzene ring substituents is 1. The van der Waals surface area contributed by atoms with Gasteiger partial charge in [0.25, 0.3) is 5.69 Å². The van der Waals surface area contributed by atoms with E-state index < -0.39 is 4.92 Å². The van der Waals surface area contributed by atoms with E-state index in [1.165, 1.54) is 23.9 Å². The standard InChI is InChI=1S/C24H23N3O5S/c1-31-22-10-6-20(7-11-22)16-33-17-24(28)26-25-14-18-4-12-23(13-5-18)32-15-19-2-8-21(9-3-19)27(29)30/h2-14H,15-17H2,1H3,(H,26,28)/b25-14+. The Hall–Kier alpha value is -3.85. The maximum absolute atomic E-state index is 11.9. The lowest BCUT2D eigenvalue weighted by atomic mass is 10.2. The third-order valence-electron chi connectivity index (χ3n) is 4.50. The van der Waals surface area contributed by atoms with Crippen molar-refractivity contribution >= 4 is 29.6 Å². The number of amides is 1. The number of hydrazone groups is 1. The fourth-order valence-electron chi connectivity index (χ4n) is 2.73. The highest BCUT2D eigenvalue weighted by molar-refractivity contribution is 7.99. The predicted molar refractivity (Wildman–Crippen MR) is 129 cm³/mol. The van der Waals surface area contributed by atoms with Gasteiger partial charge >= 0.3 is 0 Å². The number of rotatable bonds is 11. The van der Waals surface area contributed by atoms with Gasteiger partial charge in [-0.2, -0.15) is 5.10 Å². The fraction of sp³-hybridized carbons (Fsp3) is 0.167. The van der Waals surface area contributed by atoms with Gasteiger partial charge in [0.05, 0.1) is 24.0 Å². The maximum atomic E-state index is 11.9. The predicted octanol–water partition coefficient (Wildman–Crippen LogP) is 4.57. The Bertz CT molecular complexity index is 1080. The van der Waals surface area contributed by atoms with Gasteiger partial charge in [-0.15, -0.1) is 11.8 Å². The third-order valence-corrected chi connectivity index (χ3v) is 5.50. The van der Waals surface area contributed by atoms with Crippen LogP contribution >= 0.6 is 11.8 Å². The van der Waals surface area contributed by atoms with Crippen LogP contribution in [0.15, 0.2) is 77.9 Å². The number of methoxy groups -OCH3 is 1. The van der Waals surface area contributed by atoms with Crippen LogP contribution in [0, 0.1) is 10.1 Å². The van der Waals surface area contributed by atoms with Crippen molar-refractivity contribution in [2.24, 2.45) is 5.10 Å². The molecular formula is C24H23N3O5S. The van der Waals surface area contributed by atoms with Gasteiger partial charge in [-0.1, -0.05) is 12.1 Å². The Labute approximate surface area is 195 Å². The van der Waals surface area contributed by atoms with Gasteiger partial charge in [0.1, 0.15) is 18.1 Å². The van der Waals surface area contributed by atoms with Crippen LogP contribution in [0.1, 0.15) is 16.7 Å². The van der Waals surface area contributed by atoms with Crippen LogP contribution in [0.4, 0.5) is 5.69 Å². The van der Waals surface area contributed by atoms with Crippen LogP contribution < -0.4 is 14.9 Å². The molecule has 0 aliphatic heterocycles. The summed E-state index contributed by atoms with van der Waals surface area (Å²) in [6, 6.07) is 21.2. The average molecular weight is 466 g/mol. The number of nitrogens with zero attached hydrogens (tertiary/aromatic N) is 2. The molecule has 3 aromatic rings. The van der Waals surface area contributed by atoms with Crippen LogP contribution in [0.3, 0.4) is 0 Å². The maximum Gasteiger partial charge on any atom is 0.269 e. The minimum atomic E-state index is -0.436. The zero-order chi connectivity index (χ0) is 23.5. The molecule has 3 rings (SSSR count). The summed E-state index contributed by atoms with van der Waals surface area (Å²) in [4.78, 5) is 22.2. The number of nitro groups is 1.